The van der Waals surface area contributed by atoms with Crippen LogP contribution in [0.5, 0.6) is 5.88 Å². The standard InChI is InChI=1S/C15H23N3O2/c1-17-6-13-8-18(9-14(17)11-20-10-13)7-12-3-4-15(19-2)16-5-12/h3-5,13-14H,6-11H2,1-2H3/t13-,14+/m1/s1. The van der Waals surface area contributed by atoms with Crippen molar-refractivity contribution in [2.75, 3.05) is 47.0 Å². The van der Waals surface area contributed by atoms with Crippen molar-refractivity contribution in [3.63, 3.8) is 0 Å². The van der Waals surface area contributed by atoms with E-state index in [0.29, 0.717) is 17.8 Å². The van der Waals surface area contributed by atoms with Crippen molar-refractivity contribution < 1.29 is 9.47 Å². The summed E-state index contributed by atoms with van der Waals surface area (Å²) in [4.78, 5) is 9.27. The highest BCUT2D eigenvalue weighted by molar-refractivity contribution is 5.17. The first-order chi connectivity index (χ1) is 9.74. The number of likely N-dealkylation sites (N-methyl/N-ethyl adjacent to an activating group) is 1. The first-order valence-electron chi connectivity index (χ1n) is 7.24. The van der Waals surface area contributed by atoms with Gasteiger partial charge in [0.2, 0.25) is 5.88 Å². The van der Waals surface area contributed by atoms with Crippen molar-refractivity contribution >= 4 is 0 Å². The van der Waals surface area contributed by atoms with Gasteiger partial charge in [-0.05, 0) is 12.6 Å². The molecule has 20 heavy (non-hydrogen) atoms. The number of aromatic nitrogens is 1. The molecule has 5 nitrogen and oxygen atoms in total. The van der Waals surface area contributed by atoms with E-state index in [1.807, 2.05) is 12.3 Å². The van der Waals surface area contributed by atoms with E-state index in [2.05, 4.69) is 27.9 Å². The normalized spacial score (nSPS) is 28.1. The molecule has 0 radical (unpaired) electrons. The van der Waals surface area contributed by atoms with Crippen LogP contribution < -0.4 is 4.74 Å². The molecule has 2 fully saturated rings. The van der Waals surface area contributed by atoms with Crippen molar-refractivity contribution in [2.24, 2.45) is 5.92 Å². The molecule has 0 aromatic carbocycles. The highest BCUT2D eigenvalue weighted by Gasteiger charge is 2.31. The van der Waals surface area contributed by atoms with Crippen LogP contribution in [-0.4, -0.2) is 67.8 Å². The Balaban J connectivity index is 1.67. The summed E-state index contributed by atoms with van der Waals surface area (Å²) in [5.74, 6) is 1.29. The van der Waals surface area contributed by atoms with E-state index in [-0.39, 0.29) is 0 Å². The number of methoxy groups -OCH3 is 1. The SMILES string of the molecule is COc1ccc(CN2C[C@@H]3COC[C@H](C2)N(C)C3)cn1. The predicted octanol–water partition coefficient (Wildman–Crippen LogP) is 0.853. The first kappa shape index (κ1) is 13.8. The minimum atomic E-state index is 0.508. The second kappa shape index (κ2) is 6.08. The third-order valence-corrected chi connectivity index (χ3v) is 4.23. The third kappa shape index (κ3) is 3.11. The van der Waals surface area contributed by atoms with Gasteiger partial charge in [-0.2, -0.15) is 0 Å². The Morgan fingerprint density at radius 1 is 1.30 bits per heavy atom. The van der Waals surface area contributed by atoms with Crippen LogP contribution in [0.25, 0.3) is 0 Å². The lowest BCUT2D eigenvalue weighted by Gasteiger charge is -2.29. The zero-order chi connectivity index (χ0) is 13.9. The second-order valence-electron chi connectivity index (χ2n) is 5.90. The van der Waals surface area contributed by atoms with Crippen molar-refractivity contribution in [3.05, 3.63) is 23.9 Å². The minimum absolute atomic E-state index is 0.508. The molecule has 3 heterocycles. The molecule has 2 aliphatic heterocycles. The molecular weight excluding hydrogens is 254 g/mol. The summed E-state index contributed by atoms with van der Waals surface area (Å²) in [5, 5.41) is 0. The van der Waals surface area contributed by atoms with E-state index in [0.717, 1.165) is 39.4 Å². The van der Waals surface area contributed by atoms with Gasteiger partial charge in [0, 0.05) is 50.4 Å². The number of hydrogen-bond donors (Lipinski definition) is 0. The van der Waals surface area contributed by atoms with Crippen molar-refractivity contribution in [1.29, 1.82) is 0 Å². The lowest BCUT2D eigenvalue weighted by atomic mass is 10.1. The second-order valence-corrected chi connectivity index (χ2v) is 5.90. The van der Waals surface area contributed by atoms with Gasteiger partial charge in [-0.3, -0.25) is 9.80 Å². The Labute approximate surface area is 120 Å². The number of rotatable bonds is 3. The maximum absolute atomic E-state index is 5.76. The quantitative estimate of drug-likeness (QED) is 0.819. The molecule has 0 amide bonds. The predicted molar refractivity (Wildman–Crippen MR) is 76.8 cm³/mol. The average molecular weight is 277 g/mol. The Bertz CT molecular complexity index is 437. The van der Waals surface area contributed by atoms with Gasteiger partial charge < -0.3 is 9.47 Å². The summed E-state index contributed by atoms with van der Waals surface area (Å²) in [6.07, 6.45) is 1.92. The topological polar surface area (TPSA) is 37.8 Å². The van der Waals surface area contributed by atoms with E-state index in [1.54, 1.807) is 7.11 Å². The van der Waals surface area contributed by atoms with Crippen LogP contribution in [0.2, 0.25) is 0 Å². The lowest BCUT2D eigenvalue weighted by Crippen LogP contribution is -2.41. The average Bonchev–Trinajstić information content (AvgIpc) is 2.68. The molecule has 2 saturated heterocycles. The van der Waals surface area contributed by atoms with Gasteiger partial charge in [-0.1, -0.05) is 6.07 Å². The van der Waals surface area contributed by atoms with E-state index >= 15 is 0 Å². The fourth-order valence-corrected chi connectivity index (χ4v) is 3.16. The van der Waals surface area contributed by atoms with Gasteiger partial charge in [0.15, 0.2) is 0 Å². The smallest absolute Gasteiger partial charge is 0.212 e. The van der Waals surface area contributed by atoms with Gasteiger partial charge in [0.05, 0.1) is 20.3 Å². The number of fused-ring (bicyclic) bond motifs is 3. The molecule has 2 bridgehead atoms. The molecular formula is C15H23N3O2. The van der Waals surface area contributed by atoms with E-state index < -0.39 is 0 Å². The summed E-state index contributed by atoms with van der Waals surface area (Å²) >= 11 is 0. The van der Waals surface area contributed by atoms with E-state index in [1.165, 1.54) is 5.56 Å². The number of hydrogen-bond acceptors (Lipinski definition) is 5. The van der Waals surface area contributed by atoms with Gasteiger partial charge in [-0.25, -0.2) is 4.98 Å². The zero-order valence-electron chi connectivity index (χ0n) is 12.3. The van der Waals surface area contributed by atoms with Crippen LogP contribution in [-0.2, 0) is 11.3 Å². The maximum Gasteiger partial charge on any atom is 0.212 e. The summed E-state index contributed by atoms with van der Waals surface area (Å²) < 4.78 is 10.9. The molecule has 0 aliphatic carbocycles. The highest BCUT2D eigenvalue weighted by Crippen LogP contribution is 2.20. The largest absolute Gasteiger partial charge is 0.481 e. The molecule has 3 rings (SSSR count). The van der Waals surface area contributed by atoms with Crippen molar-refractivity contribution in [2.45, 2.75) is 12.6 Å². The van der Waals surface area contributed by atoms with Gasteiger partial charge in [0.25, 0.3) is 0 Å². The van der Waals surface area contributed by atoms with Crippen LogP contribution in [0.1, 0.15) is 5.56 Å². The monoisotopic (exact) mass is 277 g/mol. The van der Waals surface area contributed by atoms with Crippen molar-refractivity contribution in [3.8, 4) is 5.88 Å². The number of nitrogens with zero attached hydrogens (tertiary/aromatic N) is 3. The fraction of sp³-hybridized carbons (Fsp3) is 0.667. The maximum atomic E-state index is 5.76. The van der Waals surface area contributed by atoms with Crippen LogP contribution in [0.3, 0.4) is 0 Å². The molecule has 1 aromatic heterocycles. The third-order valence-electron chi connectivity index (χ3n) is 4.23. The lowest BCUT2D eigenvalue weighted by molar-refractivity contribution is 0.0516. The van der Waals surface area contributed by atoms with E-state index in [9.17, 15) is 0 Å². The van der Waals surface area contributed by atoms with Crippen LogP contribution in [0.4, 0.5) is 0 Å². The van der Waals surface area contributed by atoms with Crippen molar-refractivity contribution in [1.82, 2.24) is 14.8 Å². The number of ether oxygens (including phenoxy) is 2. The Hall–Kier alpha value is -1.17. The minimum Gasteiger partial charge on any atom is -0.481 e. The summed E-state index contributed by atoms with van der Waals surface area (Å²) in [5.41, 5.74) is 1.24. The Morgan fingerprint density at radius 2 is 2.20 bits per heavy atom. The molecule has 0 spiro atoms. The van der Waals surface area contributed by atoms with Crippen LogP contribution >= 0.6 is 0 Å². The zero-order valence-corrected chi connectivity index (χ0v) is 12.3. The molecule has 110 valence electrons. The fourth-order valence-electron chi connectivity index (χ4n) is 3.16. The Morgan fingerprint density at radius 3 is 2.95 bits per heavy atom. The molecule has 2 atom stereocenters. The molecule has 0 unspecified atom stereocenters. The van der Waals surface area contributed by atoms with Gasteiger partial charge in [-0.15, -0.1) is 0 Å². The van der Waals surface area contributed by atoms with Gasteiger partial charge in [0.1, 0.15) is 0 Å². The summed E-state index contributed by atoms with van der Waals surface area (Å²) in [6.45, 7) is 6.01. The molecule has 0 saturated carbocycles. The Kier molecular flexibility index (Phi) is 4.19. The molecule has 2 aliphatic rings. The molecule has 0 N–H and O–H groups in total. The molecule has 5 heteroatoms. The number of pyridine rings is 1. The van der Waals surface area contributed by atoms with Crippen LogP contribution in [0, 0.1) is 5.92 Å². The summed E-state index contributed by atoms with van der Waals surface area (Å²) in [7, 11) is 3.86. The summed E-state index contributed by atoms with van der Waals surface area (Å²) in [6, 6.07) is 4.55. The highest BCUT2D eigenvalue weighted by atomic mass is 16.5. The first-order valence-corrected chi connectivity index (χ1v) is 7.24. The molecule has 1 aromatic rings. The van der Waals surface area contributed by atoms with Crippen LogP contribution in [0.15, 0.2) is 18.3 Å². The van der Waals surface area contributed by atoms with E-state index in [4.69, 9.17) is 9.47 Å². The van der Waals surface area contributed by atoms with Gasteiger partial charge >= 0.3 is 0 Å².